The van der Waals surface area contributed by atoms with E-state index in [0.29, 0.717) is 11.1 Å². The first-order valence-electron chi connectivity index (χ1n) is 5.76. The lowest BCUT2D eigenvalue weighted by atomic mass is 10.1. The number of rotatable bonds is 4. The topological polar surface area (TPSA) is 38.1 Å². The third-order valence-corrected chi connectivity index (χ3v) is 3.12. The first-order valence-corrected chi connectivity index (χ1v) is 6.13. The van der Waals surface area contributed by atoms with Gasteiger partial charge in [0.2, 0.25) is 0 Å². The molecule has 1 saturated carbocycles. The van der Waals surface area contributed by atoms with E-state index in [1.807, 2.05) is 24.3 Å². The fourth-order valence-electron chi connectivity index (χ4n) is 1.80. The normalized spacial score (nSPS) is 15.1. The van der Waals surface area contributed by atoms with Crippen molar-refractivity contribution in [3.63, 3.8) is 0 Å². The van der Waals surface area contributed by atoms with Crippen LogP contribution in [-0.2, 0) is 6.54 Å². The summed E-state index contributed by atoms with van der Waals surface area (Å²) in [6.45, 7) is 0.802. The largest absolute Gasteiger partial charge is 0.356 e. The highest BCUT2D eigenvalue weighted by Crippen LogP contribution is 2.27. The Hall–Kier alpha value is -1.32. The van der Waals surface area contributed by atoms with Crippen molar-refractivity contribution in [1.82, 2.24) is 10.5 Å². The van der Waals surface area contributed by atoms with Gasteiger partial charge in [-0.1, -0.05) is 28.9 Å². The van der Waals surface area contributed by atoms with E-state index in [-0.39, 0.29) is 0 Å². The van der Waals surface area contributed by atoms with Crippen LogP contribution in [0.15, 0.2) is 35.0 Å². The summed E-state index contributed by atoms with van der Waals surface area (Å²) in [6.07, 6.45) is 4.32. The zero-order chi connectivity index (χ0) is 11.7. The van der Waals surface area contributed by atoms with Gasteiger partial charge in [0.15, 0.2) is 5.76 Å². The van der Waals surface area contributed by atoms with Crippen LogP contribution in [0.1, 0.15) is 18.4 Å². The van der Waals surface area contributed by atoms with E-state index in [1.165, 1.54) is 12.8 Å². The van der Waals surface area contributed by atoms with Crippen molar-refractivity contribution < 1.29 is 4.52 Å². The standard InChI is InChI=1S/C13H13ClN2O/c14-11-3-1-2-9(6-11)13-10(8-16-17-13)7-15-12-4-5-12/h1-3,6,8,12,15H,4-5,7H2. The Labute approximate surface area is 105 Å². The van der Waals surface area contributed by atoms with E-state index in [2.05, 4.69) is 10.5 Å². The Morgan fingerprint density at radius 2 is 2.29 bits per heavy atom. The summed E-state index contributed by atoms with van der Waals surface area (Å²) in [6, 6.07) is 8.31. The summed E-state index contributed by atoms with van der Waals surface area (Å²) in [5.41, 5.74) is 2.06. The van der Waals surface area contributed by atoms with Crippen molar-refractivity contribution in [3.05, 3.63) is 41.0 Å². The van der Waals surface area contributed by atoms with Gasteiger partial charge in [-0.2, -0.15) is 0 Å². The van der Waals surface area contributed by atoms with Crippen molar-refractivity contribution in [3.8, 4) is 11.3 Å². The first kappa shape index (κ1) is 10.8. The van der Waals surface area contributed by atoms with Gasteiger partial charge in [-0.05, 0) is 25.0 Å². The number of nitrogens with one attached hydrogen (secondary N) is 1. The summed E-state index contributed by atoms with van der Waals surface area (Å²) in [5, 5.41) is 8.03. The average Bonchev–Trinajstić information content (AvgIpc) is 3.04. The van der Waals surface area contributed by atoms with Crippen LogP contribution in [0.3, 0.4) is 0 Å². The number of aromatic nitrogens is 1. The molecule has 1 aliphatic rings. The molecular weight excluding hydrogens is 236 g/mol. The molecule has 0 aliphatic heterocycles. The molecule has 3 nitrogen and oxygen atoms in total. The number of benzene rings is 1. The first-order chi connectivity index (χ1) is 8.33. The van der Waals surface area contributed by atoms with E-state index in [1.54, 1.807) is 6.20 Å². The second kappa shape index (κ2) is 4.51. The van der Waals surface area contributed by atoms with Gasteiger partial charge in [0.25, 0.3) is 0 Å². The molecule has 3 rings (SSSR count). The van der Waals surface area contributed by atoms with Gasteiger partial charge in [-0.25, -0.2) is 0 Å². The third kappa shape index (κ3) is 2.51. The molecule has 0 saturated heterocycles. The van der Waals surface area contributed by atoms with Gasteiger partial charge >= 0.3 is 0 Å². The highest BCUT2D eigenvalue weighted by molar-refractivity contribution is 6.30. The fraction of sp³-hybridized carbons (Fsp3) is 0.308. The molecule has 0 spiro atoms. The molecule has 2 aromatic rings. The van der Waals surface area contributed by atoms with Crippen molar-refractivity contribution >= 4 is 11.6 Å². The smallest absolute Gasteiger partial charge is 0.171 e. The predicted molar refractivity (Wildman–Crippen MR) is 66.8 cm³/mol. The van der Waals surface area contributed by atoms with Crippen LogP contribution in [0.2, 0.25) is 5.02 Å². The van der Waals surface area contributed by atoms with Crippen molar-refractivity contribution in [2.75, 3.05) is 0 Å². The number of hydrogen-bond acceptors (Lipinski definition) is 3. The monoisotopic (exact) mass is 248 g/mol. The summed E-state index contributed by atoms with van der Waals surface area (Å²) in [5.74, 6) is 0.806. The van der Waals surface area contributed by atoms with Gasteiger partial charge in [0, 0.05) is 28.7 Å². The predicted octanol–water partition coefficient (Wildman–Crippen LogP) is 3.25. The van der Waals surface area contributed by atoms with E-state index in [4.69, 9.17) is 16.1 Å². The Morgan fingerprint density at radius 3 is 3.06 bits per heavy atom. The molecule has 1 N–H and O–H groups in total. The maximum absolute atomic E-state index is 5.97. The molecule has 0 atom stereocenters. The quantitative estimate of drug-likeness (QED) is 0.903. The Balaban J connectivity index is 1.83. The van der Waals surface area contributed by atoms with Crippen LogP contribution < -0.4 is 5.32 Å². The Kier molecular flexibility index (Phi) is 2.87. The van der Waals surface area contributed by atoms with Crippen LogP contribution in [0.25, 0.3) is 11.3 Å². The summed E-state index contributed by atoms with van der Waals surface area (Å²) >= 11 is 5.97. The van der Waals surface area contributed by atoms with Crippen LogP contribution >= 0.6 is 11.6 Å². The summed E-state index contributed by atoms with van der Waals surface area (Å²) < 4.78 is 5.31. The molecule has 1 heterocycles. The highest BCUT2D eigenvalue weighted by atomic mass is 35.5. The lowest BCUT2D eigenvalue weighted by molar-refractivity contribution is 0.431. The minimum atomic E-state index is 0.678. The molecular formula is C13H13ClN2O. The van der Waals surface area contributed by atoms with Crippen molar-refractivity contribution in [2.45, 2.75) is 25.4 Å². The molecule has 0 radical (unpaired) electrons. The second-order valence-electron chi connectivity index (χ2n) is 4.35. The lowest BCUT2D eigenvalue weighted by Crippen LogP contribution is -2.15. The molecule has 17 heavy (non-hydrogen) atoms. The van der Waals surface area contributed by atoms with E-state index >= 15 is 0 Å². The van der Waals surface area contributed by atoms with Crippen LogP contribution in [0.4, 0.5) is 0 Å². The second-order valence-corrected chi connectivity index (χ2v) is 4.78. The van der Waals surface area contributed by atoms with Gasteiger partial charge in [-0.3, -0.25) is 0 Å². The van der Waals surface area contributed by atoms with Gasteiger partial charge < -0.3 is 9.84 Å². The minimum Gasteiger partial charge on any atom is -0.356 e. The zero-order valence-corrected chi connectivity index (χ0v) is 10.1. The molecule has 88 valence electrons. The molecule has 0 unspecified atom stereocenters. The zero-order valence-electron chi connectivity index (χ0n) is 9.32. The SMILES string of the molecule is Clc1cccc(-c2oncc2CNC2CC2)c1. The van der Waals surface area contributed by atoms with Gasteiger partial charge in [0.05, 0.1) is 6.20 Å². The fourth-order valence-corrected chi connectivity index (χ4v) is 1.99. The van der Waals surface area contributed by atoms with Crippen molar-refractivity contribution in [1.29, 1.82) is 0 Å². The number of nitrogens with zero attached hydrogens (tertiary/aromatic N) is 1. The Bertz CT molecular complexity index is 520. The average molecular weight is 249 g/mol. The summed E-state index contributed by atoms with van der Waals surface area (Å²) in [4.78, 5) is 0. The van der Waals surface area contributed by atoms with Gasteiger partial charge in [0.1, 0.15) is 0 Å². The van der Waals surface area contributed by atoms with E-state index in [0.717, 1.165) is 23.4 Å². The molecule has 1 aliphatic carbocycles. The molecule has 0 amide bonds. The van der Waals surface area contributed by atoms with Crippen LogP contribution in [0.5, 0.6) is 0 Å². The maximum atomic E-state index is 5.97. The molecule has 1 fully saturated rings. The molecule has 1 aromatic heterocycles. The minimum absolute atomic E-state index is 0.678. The number of hydrogen-bond donors (Lipinski definition) is 1. The molecule has 4 heteroatoms. The third-order valence-electron chi connectivity index (χ3n) is 2.89. The Morgan fingerprint density at radius 1 is 1.41 bits per heavy atom. The molecule has 1 aromatic carbocycles. The summed E-state index contributed by atoms with van der Waals surface area (Å²) in [7, 11) is 0. The maximum Gasteiger partial charge on any atom is 0.171 e. The molecule has 0 bridgehead atoms. The van der Waals surface area contributed by atoms with Crippen molar-refractivity contribution in [2.24, 2.45) is 0 Å². The van der Waals surface area contributed by atoms with E-state index < -0.39 is 0 Å². The van der Waals surface area contributed by atoms with Gasteiger partial charge in [-0.15, -0.1) is 0 Å². The lowest BCUT2D eigenvalue weighted by Gasteiger charge is -2.03. The van der Waals surface area contributed by atoms with Crippen LogP contribution in [-0.4, -0.2) is 11.2 Å². The number of halogens is 1. The highest BCUT2D eigenvalue weighted by Gasteiger charge is 2.21. The van der Waals surface area contributed by atoms with E-state index in [9.17, 15) is 0 Å². The van der Waals surface area contributed by atoms with Crippen LogP contribution in [0, 0.1) is 0 Å².